The summed E-state index contributed by atoms with van der Waals surface area (Å²) < 4.78 is 5.31. The van der Waals surface area contributed by atoms with Crippen molar-refractivity contribution in [3.8, 4) is 6.07 Å². The van der Waals surface area contributed by atoms with Crippen LogP contribution in [0.15, 0.2) is 30.3 Å². The molecule has 2 aromatic carbocycles. The van der Waals surface area contributed by atoms with E-state index in [0.29, 0.717) is 16.8 Å². The molecule has 2 rings (SSSR count). The fourth-order valence-electron chi connectivity index (χ4n) is 2.70. The van der Waals surface area contributed by atoms with Crippen LogP contribution in [0.3, 0.4) is 0 Å². The van der Waals surface area contributed by atoms with Crippen LogP contribution >= 0.6 is 11.6 Å². The van der Waals surface area contributed by atoms with E-state index in [4.69, 9.17) is 21.6 Å². The van der Waals surface area contributed by atoms with E-state index in [1.165, 1.54) is 19.1 Å². The summed E-state index contributed by atoms with van der Waals surface area (Å²) in [5.74, 6) is -1.03. The van der Waals surface area contributed by atoms with Crippen molar-refractivity contribution in [3.63, 3.8) is 0 Å². The number of nitriles is 1. The number of ether oxygens (including phenoxy) is 1. The van der Waals surface area contributed by atoms with E-state index in [9.17, 15) is 9.59 Å². The van der Waals surface area contributed by atoms with E-state index in [1.807, 2.05) is 39.0 Å². The van der Waals surface area contributed by atoms with Crippen LogP contribution in [0.5, 0.6) is 0 Å². The van der Waals surface area contributed by atoms with E-state index >= 15 is 0 Å². The summed E-state index contributed by atoms with van der Waals surface area (Å²) in [5, 5.41) is 11.7. The highest BCUT2D eigenvalue weighted by atomic mass is 35.5. The highest BCUT2D eigenvalue weighted by Crippen LogP contribution is 2.21. The molecule has 0 aliphatic rings. The van der Waals surface area contributed by atoms with Crippen molar-refractivity contribution in [2.75, 3.05) is 5.32 Å². The molecule has 0 spiro atoms. The molecule has 0 aliphatic carbocycles. The van der Waals surface area contributed by atoms with Gasteiger partial charge in [0.2, 0.25) is 0 Å². The quantitative estimate of drug-likeness (QED) is 0.813. The average molecular weight is 371 g/mol. The smallest absolute Gasteiger partial charge is 0.339 e. The van der Waals surface area contributed by atoms with Crippen LogP contribution in [0.25, 0.3) is 0 Å². The van der Waals surface area contributed by atoms with Gasteiger partial charge in [0, 0.05) is 5.69 Å². The molecule has 0 radical (unpaired) electrons. The molecule has 0 bridgehead atoms. The number of esters is 1. The van der Waals surface area contributed by atoms with Gasteiger partial charge in [0.25, 0.3) is 5.91 Å². The molecule has 0 fully saturated rings. The van der Waals surface area contributed by atoms with Crippen molar-refractivity contribution in [2.45, 2.75) is 33.8 Å². The lowest BCUT2D eigenvalue weighted by atomic mass is 10.00. The predicted octanol–water partition coefficient (Wildman–Crippen LogP) is 4.32. The lowest BCUT2D eigenvalue weighted by Crippen LogP contribution is -2.30. The molecule has 5 nitrogen and oxygen atoms in total. The van der Waals surface area contributed by atoms with E-state index in [-0.39, 0.29) is 5.02 Å². The number of anilines is 1. The second-order valence-electron chi connectivity index (χ2n) is 6.12. The summed E-state index contributed by atoms with van der Waals surface area (Å²) in [4.78, 5) is 24.7. The van der Waals surface area contributed by atoms with E-state index in [1.54, 1.807) is 6.07 Å². The highest BCUT2D eigenvalue weighted by Gasteiger charge is 2.22. The molecule has 134 valence electrons. The zero-order valence-corrected chi connectivity index (χ0v) is 15.8. The third-order valence-electron chi connectivity index (χ3n) is 3.89. The Kier molecular flexibility index (Phi) is 6.01. The Morgan fingerprint density at radius 3 is 2.31 bits per heavy atom. The van der Waals surface area contributed by atoms with E-state index < -0.39 is 18.0 Å². The minimum absolute atomic E-state index is 0.237. The molecule has 0 saturated carbocycles. The molecule has 0 heterocycles. The minimum Gasteiger partial charge on any atom is -0.449 e. The number of rotatable bonds is 4. The monoisotopic (exact) mass is 370 g/mol. The number of carbonyl (C=O) groups is 2. The fourth-order valence-corrected chi connectivity index (χ4v) is 2.93. The number of amides is 1. The van der Waals surface area contributed by atoms with Crippen LogP contribution < -0.4 is 5.32 Å². The first kappa shape index (κ1) is 19.5. The summed E-state index contributed by atoms with van der Waals surface area (Å²) in [5.41, 5.74) is 3.87. The summed E-state index contributed by atoms with van der Waals surface area (Å²) >= 11 is 5.95. The Labute approximate surface area is 157 Å². The molecule has 1 amide bonds. The van der Waals surface area contributed by atoms with Gasteiger partial charge in [-0.2, -0.15) is 5.26 Å². The van der Waals surface area contributed by atoms with Gasteiger partial charge in [-0.3, -0.25) is 4.79 Å². The molecule has 0 saturated heterocycles. The van der Waals surface area contributed by atoms with Crippen LogP contribution in [-0.4, -0.2) is 18.0 Å². The SMILES string of the molecule is Cc1cc(C)c(C(=O)OC(C)C(=O)Nc2ccc(C#N)c(Cl)c2)c(C)c1. The number of carbonyl (C=O) groups excluding carboxylic acids is 2. The number of hydrogen-bond donors (Lipinski definition) is 1. The predicted molar refractivity (Wildman–Crippen MR) is 100 cm³/mol. The molecular formula is C20H19ClN2O3. The van der Waals surface area contributed by atoms with Gasteiger partial charge in [0.1, 0.15) is 6.07 Å². The lowest BCUT2D eigenvalue weighted by molar-refractivity contribution is -0.123. The summed E-state index contributed by atoms with van der Waals surface area (Å²) in [6.45, 7) is 7.12. The maximum atomic E-state index is 12.4. The maximum Gasteiger partial charge on any atom is 0.339 e. The highest BCUT2D eigenvalue weighted by molar-refractivity contribution is 6.32. The first-order chi connectivity index (χ1) is 12.2. The van der Waals surface area contributed by atoms with Crippen molar-refractivity contribution in [1.82, 2.24) is 0 Å². The topological polar surface area (TPSA) is 79.2 Å². The van der Waals surface area contributed by atoms with E-state index in [2.05, 4.69) is 5.32 Å². The van der Waals surface area contributed by atoms with Crippen molar-refractivity contribution < 1.29 is 14.3 Å². The van der Waals surface area contributed by atoms with Crippen LogP contribution in [0.2, 0.25) is 5.02 Å². The van der Waals surface area contributed by atoms with Crippen molar-refractivity contribution in [2.24, 2.45) is 0 Å². The first-order valence-electron chi connectivity index (χ1n) is 8.02. The van der Waals surface area contributed by atoms with Gasteiger partial charge >= 0.3 is 5.97 Å². The van der Waals surface area contributed by atoms with Crippen LogP contribution in [0, 0.1) is 32.1 Å². The second kappa shape index (κ2) is 8.03. The molecule has 6 heteroatoms. The number of hydrogen-bond acceptors (Lipinski definition) is 4. The molecular weight excluding hydrogens is 352 g/mol. The largest absolute Gasteiger partial charge is 0.449 e. The molecule has 1 N–H and O–H groups in total. The van der Waals surface area contributed by atoms with Gasteiger partial charge in [-0.05, 0) is 57.0 Å². The van der Waals surface area contributed by atoms with Gasteiger partial charge in [0.15, 0.2) is 6.10 Å². The van der Waals surface area contributed by atoms with Gasteiger partial charge in [-0.15, -0.1) is 0 Å². The maximum absolute atomic E-state index is 12.4. The van der Waals surface area contributed by atoms with Gasteiger partial charge in [-0.1, -0.05) is 29.3 Å². The van der Waals surface area contributed by atoms with Crippen molar-refractivity contribution in [1.29, 1.82) is 5.26 Å². The molecule has 0 aliphatic heterocycles. The summed E-state index contributed by atoms with van der Waals surface area (Å²) in [7, 11) is 0. The first-order valence-corrected chi connectivity index (χ1v) is 8.40. The number of halogens is 1. The van der Waals surface area contributed by atoms with Gasteiger partial charge in [0.05, 0.1) is 16.1 Å². The lowest BCUT2D eigenvalue weighted by Gasteiger charge is -2.16. The van der Waals surface area contributed by atoms with Crippen molar-refractivity contribution >= 4 is 29.2 Å². The molecule has 26 heavy (non-hydrogen) atoms. The second-order valence-corrected chi connectivity index (χ2v) is 6.52. The van der Waals surface area contributed by atoms with E-state index in [0.717, 1.165) is 16.7 Å². The molecule has 2 aromatic rings. The average Bonchev–Trinajstić information content (AvgIpc) is 2.53. The molecule has 1 atom stereocenters. The summed E-state index contributed by atoms with van der Waals surface area (Å²) in [6.07, 6.45) is -0.989. The standard InChI is InChI=1S/C20H19ClN2O3/c1-11-7-12(2)18(13(3)8-11)20(25)26-14(4)19(24)23-16-6-5-15(10-22)17(21)9-16/h5-9,14H,1-4H3,(H,23,24). The van der Waals surface area contributed by atoms with Crippen LogP contribution in [-0.2, 0) is 9.53 Å². The number of nitrogens with one attached hydrogen (secondary N) is 1. The number of benzene rings is 2. The number of aryl methyl sites for hydroxylation is 3. The zero-order chi connectivity index (χ0) is 19.4. The van der Waals surface area contributed by atoms with Crippen molar-refractivity contribution in [3.05, 3.63) is 63.2 Å². The Morgan fingerprint density at radius 2 is 1.77 bits per heavy atom. The summed E-state index contributed by atoms with van der Waals surface area (Å²) in [6, 6.07) is 10.3. The fraction of sp³-hybridized carbons (Fsp3) is 0.250. The minimum atomic E-state index is -0.989. The third-order valence-corrected chi connectivity index (χ3v) is 4.20. The molecule has 0 aromatic heterocycles. The third kappa shape index (κ3) is 4.41. The van der Waals surface area contributed by atoms with Crippen LogP contribution in [0.4, 0.5) is 5.69 Å². The van der Waals surface area contributed by atoms with Gasteiger partial charge < -0.3 is 10.1 Å². The normalized spacial score (nSPS) is 11.4. The van der Waals surface area contributed by atoms with Gasteiger partial charge in [-0.25, -0.2) is 4.79 Å². The zero-order valence-electron chi connectivity index (χ0n) is 15.0. The Morgan fingerprint density at radius 1 is 1.15 bits per heavy atom. The Balaban J connectivity index is 2.09. The van der Waals surface area contributed by atoms with Crippen LogP contribution in [0.1, 0.15) is 39.5 Å². The molecule has 1 unspecified atom stereocenters. The number of nitrogens with zero attached hydrogens (tertiary/aromatic N) is 1. The Bertz CT molecular complexity index is 893. The Hall–Kier alpha value is -2.84.